The Morgan fingerprint density at radius 3 is 2.18 bits per heavy atom. The first-order valence-electron chi connectivity index (χ1n) is 20.2. The van der Waals surface area contributed by atoms with Crippen LogP contribution in [-0.2, 0) is 11.8 Å². The number of benzene rings is 7. The van der Waals surface area contributed by atoms with E-state index in [0.717, 1.165) is 30.5 Å². The van der Waals surface area contributed by atoms with Gasteiger partial charge in [-0.25, -0.2) is 0 Å². The molecule has 2 aliphatic carbocycles. The van der Waals surface area contributed by atoms with Crippen molar-refractivity contribution in [3.05, 3.63) is 222 Å². The summed E-state index contributed by atoms with van der Waals surface area (Å²) >= 11 is 0. The predicted octanol–water partition coefficient (Wildman–Crippen LogP) is 14.2. The van der Waals surface area contributed by atoms with E-state index in [9.17, 15) is 0 Å². The molecule has 0 spiro atoms. The first-order valence-corrected chi connectivity index (χ1v) is 20.2. The molecular weight excluding hydrogens is 689 g/mol. The van der Waals surface area contributed by atoms with Crippen LogP contribution < -0.4 is 0 Å². The zero-order chi connectivity index (χ0) is 38.3. The molecule has 0 atom stereocenters. The minimum atomic E-state index is -0.116. The van der Waals surface area contributed by atoms with E-state index in [0.29, 0.717) is 0 Å². The molecule has 2 heteroatoms. The standard InChI is InChI=1S/C55H44N2/c1-55(2)49-28-12-9-23-43(49)46-26-16-27-47(54(46)55)44-24-10-13-29-51(44)57-52-30-14-11-25-45(52)48-36-42(32-34-53(48)57)41-22-15-19-39(35-41)37-56-50(40-20-7-4-8-21-40)33-31-38-17-5-3-6-18-38/h3,5-7,9-30,32-37H,4,8,31H2,1-2H3/b50-33-,56-37?. The second kappa shape index (κ2) is 14.4. The van der Waals surface area contributed by atoms with Crippen LogP contribution in [0.5, 0.6) is 0 Å². The van der Waals surface area contributed by atoms with E-state index < -0.39 is 0 Å². The van der Waals surface area contributed by atoms with Crippen LogP contribution in [0.3, 0.4) is 0 Å². The number of nitrogens with zero attached hydrogens (tertiary/aromatic N) is 2. The summed E-state index contributed by atoms with van der Waals surface area (Å²) in [4.78, 5) is 5.08. The molecule has 0 radical (unpaired) electrons. The Kier molecular flexibility index (Phi) is 8.76. The molecule has 2 nitrogen and oxygen atoms in total. The molecule has 1 aromatic heterocycles. The molecular formula is C55H44N2. The van der Waals surface area contributed by atoms with Crippen LogP contribution in [0, 0.1) is 0 Å². The normalized spacial score (nSPS) is 14.6. The Morgan fingerprint density at radius 2 is 1.32 bits per heavy atom. The van der Waals surface area contributed by atoms with E-state index in [4.69, 9.17) is 4.99 Å². The molecule has 0 bridgehead atoms. The lowest BCUT2D eigenvalue weighted by Crippen LogP contribution is -2.16. The van der Waals surface area contributed by atoms with Gasteiger partial charge >= 0.3 is 0 Å². The number of hydrogen-bond donors (Lipinski definition) is 0. The molecule has 274 valence electrons. The summed E-state index contributed by atoms with van der Waals surface area (Å²) in [6.45, 7) is 4.75. The van der Waals surface area contributed by atoms with Gasteiger partial charge in [0.25, 0.3) is 0 Å². The average molecular weight is 733 g/mol. The number of hydrogen-bond acceptors (Lipinski definition) is 1. The third-order valence-corrected chi connectivity index (χ3v) is 11.9. The Morgan fingerprint density at radius 1 is 0.614 bits per heavy atom. The van der Waals surface area contributed by atoms with E-state index in [1.54, 1.807) is 0 Å². The van der Waals surface area contributed by atoms with Gasteiger partial charge in [0.05, 0.1) is 22.4 Å². The van der Waals surface area contributed by atoms with Crippen LogP contribution in [0.1, 0.15) is 48.9 Å². The molecule has 0 aliphatic heterocycles. The highest BCUT2D eigenvalue weighted by Crippen LogP contribution is 2.53. The van der Waals surface area contributed by atoms with Crippen molar-refractivity contribution < 1.29 is 0 Å². The van der Waals surface area contributed by atoms with Gasteiger partial charge in [-0.15, -0.1) is 0 Å². The van der Waals surface area contributed by atoms with E-state index in [1.807, 2.05) is 6.21 Å². The van der Waals surface area contributed by atoms with Crippen LogP contribution in [0.2, 0.25) is 0 Å². The molecule has 0 fully saturated rings. The topological polar surface area (TPSA) is 17.3 Å². The summed E-state index contributed by atoms with van der Waals surface area (Å²) in [7, 11) is 0. The second-order valence-corrected chi connectivity index (χ2v) is 15.8. The number of aliphatic imine (C=N–C) groups is 1. The zero-order valence-corrected chi connectivity index (χ0v) is 32.5. The van der Waals surface area contributed by atoms with Crippen LogP contribution in [-0.4, -0.2) is 10.8 Å². The van der Waals surface area contributed by atoms with Crippen molar-refractivity contribution in [1.29, 1.82) is 0 Å². The van der Waals surface area contributed by atoms with E-state index in [-0.39, 0.29) is 5.41 Å². The van der Waals surface area contributed by atoms with Gasteiger partial charge in [0.1, 0.15) is 0 Å². The maximum Gasteiger partial charge on any atom is 0.0662 e. The van der Waals surface area contributed by atoms with Crippen LogP contribution in [0.15, 0.2) is 204 Å². The lowest BCUT2D eigenvalue weighted by Gasteiger charge is -2.25. The molecule has 2 aliphatic rings. The summed E-state index contributed by atoms with van der Waals surface area (Å²) in [5, 5.41) is 2.49. The number of aromatic nitrogens is 1. The lowest BCUT2D eigenvalue weighted by molar-refractivity contribution is 0.662. The van der Waals surface area contributed by atoms with Gasteiger partial charge in [-0.2, -0.15) is 0 Å². The zero-order valence-electron chi connectivity index (χ0n) is 32.5. The third-order valence-electron chi connectivity index (χ3n) is 11.9. The maximum atomic E-state index is 5.08. The van der Waals surface area contributed by atoms with Gasteiger partial charge in [0.2, 0.25) is 0 Å². The Labute approximate surface area is 335 Å². The molecule has 0 saturated carbocycles. The molecule has 0 N–H and O–H groups in total. The van der Waals surface area contributed by atoms with Crippen molar-refractivity contribution in [2.45, 2.75) is 38.5 Å². The van der Waals surface area contributed by atoms with Crippen LogP contribution >= 0.6 is 0 Å². The van der Waals surface area contributed by atoms with Crippen molar-refractivity contribution in [2.24, 2.45) is 4.99 Å². The molecule has 1 heterocycles. The third kappa shape index (κ3) is 6.19. The maximum absolute atomic E-state index is 5.08. The van der Waals surface area contributed by atoms with Crippen LogP contribution in [0.25, 0.3) is 60.9 Å². The monoisotopic (exact) mass is 732 g/mol. The second-order valence-electron chi connectivity index (χ2n) is 15.8. The van der Waals surface area contributed by atoms with Crippen molar-refractivity contribution in [1.82, 2.24) is 4.57 Å². The highest BCUT2D eigenvalue weighted by molar-refractivity contribution is 6.11. The summed E-state index contributed by atoms with van der Waals surface area (Å²) < 4.78 is 2.47. The minimum Gasteiger partial charge on any atom is -0.309 e. The molecule has 7 aromatic carbocycles. The number of allylic oxidation sites excluding steroid dienone is 4. The van der Waals surface area contributed by atoms with Gasteiger partial charge in [-0.3, -0.25) is 4.99 Å². The summed E-state index contributed by atoms with van der Waals surface area (Å²) in [6.07, 6.45) is 14.0. The van der Waals surface area contributed by atoms with Crippen molar-refractivity contribution in [2.75, 3.05) is 0 Å². The van der Waals surface area contributed by atoms with E-state index >= 15 is 0 Å². The first-order chi connectivity index (χ1) is 28.0. The molecule has 0 amide bonds. The fourth-order valence-electron chi connectivity index (χ4n) is 9.20. The molecule has 0 saturated heterocycles. The molecule has 8 aromatic rings. The first kappa shape index (κ1) is 34.7. The fraction of sp³-hybridized carbons (Fsp3) is 0.109. The van der Waals surface area contributed by atoms with E-state index in [2.05, 4.69) is 207 Å². The van der Waals surface area contributed by atoms with Gasteiger partial charge < -0.3 is 4.57 Å². The van der Waals surface area contributed by atoms with E-state index in [1.165, 1.54) is 83.1 Å². The highest BCUT2D eigenvalue weighted by Gasteiger charge is 2.37. The Balaban J connectivity index is 1.04. The fourth-order valence-corrected chi connectivity index (χ4v) is 9.20. The summed E-state index contributed by atoms with van der Waals surface area (Å²) in [5.41, 5.74) is 18.4. The lowest BCUT2D eigenvalue weighted by atomic mass is 9.78. The molecule has 10 rings (SSSR count). The number of rotatable bonds is 8. The predicted molar refractivity (Wildman–Crippen MR) is 241 cm³/mol. The van der Waals surface area contributed by atoms with Gasteiger partial charge in [-0.05, 0) is 105 Å². The SMILES string of the molecule is CC1(C)c2ccccc2-c2cccc(-c3ccccc3-n3c4ccccc4c4cc(-c5cccc(C=N/C(=C\Cc6ccccc6)C6=CCCC=C6)c5)ccc43)c21. The minimum absolute atomic E-state index is 0.116. The quantitative estimate of drug-likeness (QED) is 0.138. The Bertz CT molecular complexity index is 2950. The molecule has 0 unspecified atom stereocenters. The molecule has 57 heavy (non-hydrogen) atoms. The van der Waals surface area contributed by atoms with Gasteiger partial charge in [0.15, 0.2) is 0 Å². The Hall–Kier alpha value is -6.77. The average Bonchev–Trinajstić information content (AvgIpc) is 3.72. The number of para-hydroxylation sites is 2. The van der Waals surface area contributed by atoms with Gasteiger partial charge in [-0.1, -0.05) is 172 Å². The van der Waals surface area contributed by atoms with Crippen molar-refractivity contribution >= 4 is 28.0 Å². The smallest absolute Gasteiger partial charge is 0.0662 e. The van der Waals surface area contributed by atoms with Gasteiger partial charge in [0, 0.05) is 28.0 Å². The highest BCUT2D eigenvalue weighted by atomic mass is 15.0. The largest absolute Gasteiger partial charge is 0.309 e. The van der Waals surface area contributed by atoms with Crippen molar-refractivity contribution in [3.63, 3.8) is 0 Å². The number of fused-ring (bicyclic) bond motifs is 6. The summed E-state index contributed by atoms with van der Waals surface area (Å²) in [6, 6.07) is 59.9. The van der Waals surface area contributed by atoms with Crippen LogP contribution in [0.4, 0.5) is 0 Å². The van der Waals surface area contributed by atoms with Crippen molar-refractivity contribution in [3.8, 4) is 39.1 Å². The summed E-state index contributed by atoms with van der Waals surface area (Å²) in [5.74, 6) is 0.